The lowest BCUT2D eigenvalue weighted by atomic mass is 9.72. The second-order valence-electron chi connectivity index (χ2n) is 4.84. The quantitative estimate of drug-likeness (QED) is 0.704. The summed E-state index contributed by atoms with van der Waals surface area (Å²) in [6.45, 7) is 0. The lowest BCUT2D eigenvalue weighted by Crippen LogP contribution is -2.30. The fraction of sp³-hybridized carbons (Fsp3) is 0.818. The van der Waals surface area contributed by atoms with Crippen LogP contribution in [0.15, 0.2) is 0 Å². The Balaban J connectivity index is 2.21. The van der Waals surface area contributed by atoms with Crippen molar-refractivity contribution < 1.29 is 9.59 Å². The molecule has 0 aromatic heterocycles. The highest BCUT2D eigenvalue weighted by atomic mass is 35.5. The molecule has 15 heavy (non-hydrogen) atoms. The van der Waals surface area contributed by atoms with E-state index in [-0.39, 0.29) is 21.8 Å². The molecule has 3 saturated carbocycles. The minimum Gasteiger partial charge on any atom is -0.281 e. The molecule has 0 saturated heterocycles. The van der Waals surface area contributed by atoms with E-state index in [1.807, 2.05) is 0 Å². The van der Waals surface area contributed by atoms with Crippen LogP contribution in [0.4, 0.5) is 0 Å². The van der Waals surface area contributed by atoms with Crippen molar-refractivity contribution in [3.8, 4) is 0 Å². The summed E-state index contributed by atoms with van der Waals surface area (Å²) in [6.07, 6.45) is 4.96. The maximum absolute atomic E-state index is 11.5. The second kappa shape index (κ2) is 4.06. The Morgan fingerprint density at radius 1 is 1.00 bits per heavy atom. The van der Waals surface area contributed by atoms with Crippen molar-refractivity contribution in [2.45, 2.75) is 38.5 Å². The van der Waals surface area contributed by atoms with Crippen LogP contribution in [-0.2, 0) is 9.59 Å². The van der Waals surface area contributed by atoms with E-state index in [0.717, 1.165) is 38.5 Å². The third-order valence-electron chi connectivity index (χ3n) is 4.20. The summed E-state index contributed by atoms with van der Waals surface area (Å²) in [5, 5.41) is -0.455. The summed E-state index contributed by atoms with van der Waals surface area (Å²) in [6, 6.07) is 0. The van der Waals surface area contributed by atoms with Crippen molar-refractivity contribution in [3.63, 3.8) is 0 Å². The van der Waals surface area contributed by atoms with Gasteiger partial charge in [0.05, 0.1) is 0 Å². The summed E-state index contributed by atoms with van der Waals surface area (Å²) in [5.41, 5.74) is -0.348. The van der Waals surface area contributed by atoms with Gasteiger partial charge in [-0.25, -0.2) is 0 Å². The van der Waals surface area contributed by atoms with Crippen molar-refractivity contribution in [2.24, 2.45) is 17.3 Å². The fourth-order valence-electron chi connectivity index (χ4n) is 3.11. The second-order valence-corrected chi connectivity index (χ2v) is 5.56. The van der Waals surface area contributed by atoms with Crippen molar-refractivity contribution in [3.05, 3.63) is 0 Å². The molecule has 4 heteroatoms. The molecular formula is C11H14Cl2O2. The molecule has 1 unspecified atom stereocenters. The van der Waals surface area contributed by atoms with Gasteiger partial charge in [-0.3, -0.25) is 9.59 Å². The first-order valence-electron chi connectivity index (χ1n) is 5.44. The van der Waals surface area contributed by atoms with E-state index in [2.05, 4.69) is 0 Å². The smallest absolute Gasteiger partial charge is 0.227 e. The first-order valence-corrected chi connectivity index (χ1v) is 6.20. The Morgan fingerprint density at radius 2 is 1.53 bits per heavy atom. The van der Waals surface area contributed by atoms with Gasteiger partial charge in [0.2, 0.25) is 10.5 Å². The van der Waals surface area contributed by atoms with Gasteiger partial charge < -0.3 is 0 Å². The molecule has 1 atom stereocenters. The number of hydrogen-bond donors (Lipinski definition) is 0. The molecule has 2 bridgehead atoms. The Morgan fingerprint density at radius 3 is 2.00 bits per heavy atom. The maximum atomic E-state index is 11.5. The SMILES string of the molecule is O=C(Cl)C1CCC2(C(=O)Cl)CCC1CC2. The fourth-order valence-corrected chi connectivity index (χ4v) is 3.68. The van der Waals surface area contributed by atoms with Crippen LogP contribution < -0.4 is 0 Å². The van der Waals surface area contributed by atoms with Gasteiger partial charge in [0, 0.05) is 11.3 Å². The molecule has 3 aliphatic rings. The highest BCUT2D eigenvalue weighted by Crippen LogP contribution is 2.51. The molecule has 0 N–H and O–H groups in total. The molecule has 0 aromatic carbocycles. The number of hydrogen-bond acceptors (Lipinski definition) is 2. The molecule has 2 nitrogen and oxygen atoms in total. The van der Waals surface area contributed by atoms with E-state index in [9.17, 15) is 9.59 Å². The third kappa shape index (κ3) is 1.94. The monoisotopic (exact) mass is 248 g/mol. The van der Waals surface area contributed by atoms with Gasteiger partial charge in [0.1, 0.15) is 0 Å². The summed E-state index contributed by atoms with van der Waals surface area (Å²) >= 11 is 11.3. The lowest BCUT2D eigenvalue weighted by molar-refractivity contribution is -0.122. The molecule has 0 aliphatic heterocycles. The topological polar surface area (TPSA) is 34.1 Å². The number of rotatable bonds is 2. The Kier molecular flexibility index (Phi) is 3.09. The third-order valence-corrected chi connectivity index (χ3v) is 4.88. The van der Waals surface area contributed by atoms with Crippen LogP contribution in [0.1, 0.15) is 38.5 Å². The van der Waals surface area contributed by atoms with Gasteiger partial charge in [-0.2, -0.15) is 0 Å². The van der Waals surface area contributed by atoms with Gasteiger partial charge in [0.15, 0.2) is 0 Å². The van der Waals surface area contributed by atoms with Gasteiger partial charge in [0.25, 0.3) is 0 Å². The van der Waals surface area contributed by atoms with Crippen LogP contribution in [0, 0.1) is 17.3 Å². The van der Waals surface area contributed by atoms with Crippen LogP contribution in [-0.4, -0.2) is 10.5 Å². The molecular weight excluding hydrogens is 235 g/mol. The molecule has 84 valence electrons. The molecule has 0 spiro atoms. The van der Waals surface area contributed by atoms with Crippen molar-refractivity contribution in [1.29, 1.82) is 0 Å². The van der Waals surface area contributed by atoms with E-state index < -0.39 is 0 Å². The molecule has 3 aliphatic carbocycles. The Labute approximate surface area is 99.3 Å². The molecule has 0 radical (unpaired) electrons. The van der Waals surface area contributed by atoms with Crippen LogP contribution in [0.25, 0.3) is 0 Å². The van der Waals surface area contributed by atoms with Gasteiger partial charge in [-0.15, -0.1) is 0 Å². The van der Waals surface area contributed by atoms with E-state index in [1.165, 1.54) is 0 Å². The van der Waals surface area contributed by atoms with Crippen molar-refractivity contribution in [2.75, 3.05) is 0 Å². The van der Waals surface area contributed by atoms with E-state index >= 15 is 0 Å². The standard InChI is InChI=1S/C11H14Cl2O2/c12-9(14)8-3-6-11(10(13)15)4-1-7(8)2-5-11/h7-8H,1-6H2. The van der Waals surface area contributed by atoms with Crippen LogP contribution in [0.3, 0.4) is 0 Å². The van der Waals surface area contributed by atoms with Crippen molar-refractivity contribution in [1.82, 2.24) is 0 Å². The summed E-state index contributed by atoms with van der Waals surface area (Å²) in [4.78, 5) is 22.7. The van der Waals surface area contributed by atoms with Gasteiger partial charge in [-0.1, -0.05) is 0 Å². The number of halogens is 2. The molecule has 0 aromatic rings. The Bertz CT molecular complexity index is 293. The minimum absolute atomic E-state index is 0.0490. The maximum Gasteiger partial charge on any atom is 0.227 e. The first-order chi connectivity index (χ1) is 7.05. The van der Waals surface area contributed by atoms with E-state index in [0.29, 0.717) is 5.92 Å². The highest BCUT2D eigenvalue weighted by Gasteiger charge is 2.47. The molecule has 0 heterocycles. The summed E-state index contributed by atoms with van der Waals surface area (Å²) < 4.78 is 0. The van der Waals surface area contributed by atoms with Crippen molar-refractivity contribution >= 4 is 33.7 Å². The van der Waals surface area contributed by atoms with Crippen LogP contribution in [0.2, 0.25) is 0 Å². The molecule has 3 rings (SSSR count). The summed E-state index contributed by atoms with van der Waals surface area (Å²) in [7, 11) is 0. The number of carbonyl (C=O) groups is 2. The lowest BCUT2D eigenvalue weighted by Gasteiger charge is -2.33. The van der Waals surface area contributed by atoms with Crippen LogP contribution in [0.5, 0.6) is 0 Å². The molecule has 0 amide bonds. The predicted molar refractivity (Wildman–Crippen MR) is 58.8 cm³/mol. The average molecular weight is 249 g/mol. The van der Waals surface area contributed by atoms with E-state index in [4.69, 9.17) is 23.2 Å². The van der Waals surface area contributed by atoms with Gasteiger partial charge in [-0.05, 0) is 67.6 Å². The Hall–Kier alpha value is -0.0800. The predicted octanol–water partition coefficient (Wildman–Crippen LogP) is 3.10. The minimum atomic E-state index is -0.348. The van der Waals surface area contributed by atoms with Crippen LogP contribution >= 0.6 is 23.2 Å². The zero-order chi connectivity index (χ0) is 11.1. The van der Waals surface area contributed by atoms with Gasteiger partial charge >= 0.3 is 0 Å². The molecule has 3 fully saturated rings. The zero-order valence-electron chi connectivity index (χ0n) is 8.47. The first kappa shape index (κ1) is 11.4. The average Bonchev–Trinajstić information content (AvgIpc) is 2.48. The normalized spacial score (nSPS) is 39.9. The zero-order valence-corrected chi connectivity index (χ0v) is 9.98. The number of carbonyl (C=O) groups excluding carboxylic acids is 2. The largest absolute Gasteiger partial charge is 0.281 e. The number of fused-ring (bicyclic) bond motifs is 4. The highest BCUT2D eigenvalue weighted by molar-refractivity contribution is 6.65. The van der Waals surface area contributed by atoms with E-state index in [1.54, 1.807) is 0 Å². The summed E-state index contributed by atoms with van der Waals surface area (Å²) in [5.74, 6) is 0.327.